The van der Waals surface area contributed by atoms with Gasteiger partial charge in [-0.1, -0.05) is 34.8 Å². The van der Waals surface area contributed by atoms with E-state index in [1.54, 1.807) is 0 Å². The number of rotatable bonds is 6. The molecule has 3 N–H and O–H groups in total. The zero-order valence-electron chi connectivity index (χ0n) is 10.6. The van der Waals surface area contributed by atoms with Gasteiger partial charge < -0.3 is 20.3 Å². The first kappa shape index (κ1) is 17.3. The van der Waals surface area contributed by atoms with Crippen LogP contribution >= 0.6 is 34.8 Å². The molecule has 0 aliphatic carbocycles. The fraction of sp³-hybridized carbons (Fsp3) is 0.417. The van der Waals surface area contributed by atoms with Crippen LogP contribution in [0.2, 0.25) is 15.1 Å². The van der Waals surface area contributed by atoms with Gasteiger partial charge in [-0.3, -0.25) is 4.79 Å². The molecule has 0 atom stereocenters. The van der Waals surface area contributed by atoms with Crippen LogP contribution in [0, 0.1) is 0 Å². The zero-order chi connectivity index (χ0) is 15.3. The number of ether oxygens (including phenoxy) is 1. The summed E-state index contributed by atoms with van der Waals surface area (Å²) < 4.78 is 5.22. The Balaban J connectivity index is 2.64. The van der Waals surface area contributed by atoms with Gasteiger partial charge in [-0.2, -0.15) is 0 Å². The van der Waals surface area contributed by atoms with Gasteiger partial charge in [-0.05, 0) is 13.0 Å². The maximum Gasteiger partial charge on any atom is 0.258 e. The molecule has 0 spiro atoms. The summed E-state index contributed by atoms with van der Waals surface area (Å²) in [7, 11) is 0. The lowest BCUT2D eigenvalue weighted by Crippen LogP contribution is -2.53. The summed E-state index contributed by atoms with van der Waals surface area (Å²) in [6, 6.07) is 2.81. The normalized spacial score (nSPS) is 11.3. The fourth-order valence-electron chi connectivity index (χ4n) is 1.26. The summed E-state index contributed by atoms with van der Waals surface area (Å²) in [4.78, 5) is 11.7. The molecule has 0 aromatic heterocycles. The Morgan fingerprint density at radius 3 is 2.30 bits per heavy atom. The van der Waals surface area contributed by atoms with Crippen LogP contribution < -0.4 is 10.1 Å². The van der Waals surface area contributed by atoms with Crippen LogP contribution in [-0.2, 0) is 4.79 Å². The molecule has 0 heterocycles. The predicted octanol–water partition coefficient (Wildman–Crippen LogP) is 1.89. The summed E-state index contributed by atoms with van der Waals surface area (Å²) in [6.07, 6.45) is 0. The standard InChI is InChI=1S/C12H14Cl3NO4/c1-12(5-17,6-18)16-11(19)4-20-10-3-8(14)7(13)2-9(10)15/h2-3,17-18H,4-6H2,1H3,(H,16,19). The minimum Gasteiger partial charge on any atom is -0.482 e. The first-order chi connectivity index (χ1) is 9.31. The molecule has 1 amide bonds. The second-order valence-corrected chi connectivity index (χ2v) is 5.63. The molecule has 0 aliphatic rings. The van der Waals surface area contributed by atoms with E-state index in [0.717, 1.165) is 0 Å². The van der Waals surface area contributed by atoms with E-state index in [-0.39, 0.29) is 27.4 Å². The second kappa shape index (κ2) is 7.33. The number of hydrogen-bond acceptors (Lipinski definition) is 4. The molecule has 1 aromatic rings. The molecular formula is C12H14Cl3NO4. The van der Waals surface area contributed by atoms with Gasteiger partial charge in [-0.25, -0.2) is 0 Å². The van der Waals surface area contributed by atoms with E-state index in [1.807, 2.05) is 0 Å². The smallest absolute Gasteiger partial charge is 0.258 e. The Labute approximate surface area is 131 Å². The third kappa shape index (κ3) is 4.68. The third-order valence-electron chi connectivity index (χ3n) is 2.47. The number of nitrogens with one attached hydrogen (secondary N) is 1. The molecule has 0 bridgehead atoms. The third-order valence-corrected chi connectivity index (χ3v) is 3.49. The lowest BCUT2D eigenvalue weighted by Gasteiger charge is -2.26. The van der Waals surface area contributed by atoms with Crippen LogP contribution in [0.3, 0.4) is 0 Å². The van der Waals surface area contributed by atoms with Gasteiger partial charge >= 0.3 is 0 Å². The molecule has 0 unspecified atom stereocenters. The molecule has 0 radical (unpaired) electrons. The molecule has 5 nitrogen and oxygen atoms in total. The number of aliphatic hydroxyl groups is 2. The molecule has 0 saturated heterocycles. The highest BCUT2D eigenvalue weighted by Crippen LogP contribution is 2.33. The molecule has 0 saturated carbocycles. The quantitative estimate of drug-likeness (QED) is 0.690. The van der Waals surface area contributed by atoms with E-state index in [0.29, 0.717) is 0 Å². The SMILES string of the molecule is CC(CO)(CO)NC(=O)COc1cc(Cl)c(Cl)cc1Cl. The number of benzene rings is 1. The van der Waals surface area contributed by atoms with Crippen molar-refractivity contribution in [3.8, 4) is 5.75 Å². The van der Waals surface area contributed by atoms with Crippen molar-refractivity contribution in [2.24, 2.45) is 0 Å². The summed E-state index contributed by atoms with van der Waals surface area (Å²) in [5, 5.41) is 21.3. The van der Waals surface area contributed by atoms with E-state index >= 15 is 0 Å². The highest BCUT2D eigenvalue weighted by atomic mass is 35.5. The molecule has 1 rings (SSSR count). The van der Waals surface area contributed by atoms with Crippen molar-refractivity contribution in [2.45, 2.75) is 12.5 Å². The molecule has 20 heavy (non-hydrogen) atoms. The van der Waals surface area contributed by atoms with Crippen LogP contribution in [0.25, 0.3) is 0 Å². The number of halogens is 3. The van der Waals surface area contributed by atoms with Crippen molar-refractivity contribution in [2.75, 3.05) is 19.8 Å². The summed E-state index contributed by atoms with van der Waals surface area (Å²) in [5.74, 6) is -0.302. The summed E-state index contributed by atoms with van der Waals surface area (Å²) in [6.45, 7) is 0.357. The van der Waals surface area contributed by atoms with Gasteiger partial charge in [0, 0.05) is 6.07 Å². The Kier molecular flexibility index (Phi) is 6.36. The van der Waals surface area contributed by atoms with Gasteiger partial charge in [0.2, 0.25) is 0 Å². The van der Waals surface area contributed by atoms with Crippen LogP contribution in [0.5, 0.6) is 5.75 Å². The van der Waals surface area contributed by atoms with Gasteiger partial charge in [-0.15, -0.1) is 0 Å². The Morgan fingerprint density at radius 2 is 1.75 bits per heavy atom. The number of amides is 1. The number of hydrogen-bond donors (Lipinski definition) is 3. The van der Waals surface area contributed by atoms with Crippen LogP contribution in [-0.4, -0.2) is 41.5 Å². The van der Waals surface area contributed by atoms with E-state index in [1.165, 1.54) is 19.1 Å². The van der Waals surface area contributed by atoms with Gasteiger partial charge in [0.05, 0.1) is 33.8 Å². The fourth-order valence-corrected chi connectivity index (χ4v) is 1.85. The highest BCUT2D eigenvalue weighted by Gasteiger charge is 2.24. The van der Waals surface area contributed by atoms with Crippen LogP contribution in [0.4, 0.5) is 0 Å². The molecule has 0 aliphatic heterocycles. The topological polar surface area (TPSA) is 78.8 Å². The average Bonchev–Trinajstić information content (AvgIpc) is 2.41. The Bertz CT molecular complexity index is 492. The lowest BCUT2D eigenvalue weighted by atomic mass is 10.1. The maximum atomic E-state index is 11.7. The molecule has 8 heteroatoms. The van der Waals surface area contributed by atoms with Gasteiger partial charge in [0.1, 0.15) is 5.75 Å². The van der Waals surface area contributed by atoms with E-state index < -0.39 is 24.7 Å². The van der Waals surface area contributed by atoms with Gasteiger partial charge in [0.15, 0.2) is 6.61 Å². The first-order valence-corrected chi connectivity index (χ1v) is 6.75. The van der Waals surface area contributed by atoms with Crippen molar-refractivity contribution >= 4 is 40.7 Å². The van der Waals surface area contributed by atoms with Crippen molar-refractivity contribution in [3.05, 3.63) is 27.2 Å². The first-order valence-electron chi connectivity index (χ1n) is 5.61. The Hall–Kier alpha value is -0.720. The summed E-state index contributed by atoms with van der Waals surface area (Å²) in [5.41, 5.74) is -1.11. The molecular weight excluding hydrogens is 328 g/mol. The summed E-state index contributed by atoms with van der Waals surface area (Å²) >= 11 is 17.5. The largest absolute Gasteiger partial charge is 0.482 e. The van der Waals surface area contributed by atoms with Crippen molar-refractivity contribution < 1.29 is 19.7 Å². The number of carbonyl (C=O) groups is 1. The molecule has 0 fully saturated rings. The Morgan fingerprint density at radius 1 is 1.20 bits per heavy atom. The van der Waals surface area contributed by atoms with E-state index in [2.05, 4.69) is 5.32 Å². The van der Waals surface area contributed by atoms with E-state index in [9.17, 15) is 4.79 Å². The molecule has 1 aromatic carbocycles. The maximum absolute atomic E-state index is 11.7. The molecule has 112 valence electrons. The van der Waals surface area contributed by atoms with Crippen molar-refractivity contribution in [1.29, 1.82) is 0 Å². The lowest BCUT2D eigenvalue weighted by molar-refractivity contribution is -0.126. The second-order valence-electron chi connectivity index (χ2n) is 4.41. The number of carbonyl (C=O) groups excluding carboxylic acids is 1. The minimum atomic E-state index is -1.11. The monoisotopic (exact) mass is 341 g/mol. The van der Waals surface area contributed by atoms with Crippen molar-refractivity contribution in [3.63, 3.8) is 0 Å². The van der Waals surface area contributed by atoms with Crippen molar-refractivity contribution in [1.82, 2.24) is 5.32 Å². The average molecular weight is 343 g/mol. The zero-order valence-corrected chi connectivity index (χ0v) is 12.9. The number of aliphatic hydroxyl groups excluding tert-OH is 2. The van der Waals surface area contributed by atoms with E-state index in [4.69, 9.17) is 49.8 Å². The van der Waals surface area contributed by atoms with Crippen LogP contribution in [0.1, 0.15) is 6.92 Å². The van der Waals surface area contributed by atoms with Crippen LogP contribution in [0.15, 0.2) is 12.1 Å². The minimum absolute atomic E-state index is 0.214. The highest BCUT2D eigenvalue weighted by molar-refractivity contribution is 6.43. The van der Waals surface area contributed by atoms with Gasteiger partial charge in [0.25, 0.3) is 5.91 Å². The predicted molar refractivity (Wildman–Crippen MR) is 77.7 cm³/mol.